The lowest BCUT2D eigenvalue weighted by Gasteiger charge is -2.12. The van der Waals surface area contributed by atoms with Crippen LogP contribution in [0.2, 0.25) is 0 Å². The predicted molar refractivity (Wildman–Crippen MR) is 76.8 cm³/mol. The second-order valence-corrected chi connectivity index (χ2v) is 5.06. The number of hydrogen-bond donors (Lipinski definition) is 0. The first kappa shape index (κ1) is 13.2. The normalized spacial score (nSPS) is 12.6. The van der Waals surface area contributed by atoms with Crippen molar-refractivity contribution in [2.45, 2.75) is 32.8 Å². The summed E-state index contributed by atoms with van der Waals surface area (Å²) in [7, 11) is 0. The Labute approximate surface area is 113 Å². The first-order chi connectivity index (χ1) is 8.85. The average Bonchev–Trinajstić information content (AvgIpc) is 2.89. The summed E-state index contributed by atoms with van der Waals surface area (Å²) >= 11 is 1.70. The molecule has 1 heterocycles. The highest BCUT2D eigenvalue weighted by Crippen LogP contribution is 2.29. The van der Waals surface area contributed by atoms with Crippen molar-refractivity contribution < 1.29 is 4.74 Å². The van der Waals surface area contributed by atoms with E-state index in [2.05, 4.69) is 24.4 Å². The van der Waals surface area contributed by atoms with Gasteiger partial charge in [0.15, 0.2) is 0 Å². The molecule has 0 bridgehead atoms. The van der Waals surface area contributed by atoms with Gasteiger partial charge >= 0.3 is 0 Å². The standard InChI is InChI=1S/C15H19NOS/c1-3-8-14(17-4-2)15-16-13(11-18-15)12-9-6-5-7-10-12/h5-7,9-11,14H,3-4,8H2,1-2H3. The fourth-order valence-electron chi connectivity index (χ4n) is 1.92. The van der Waals surface area contributed by atoms with Crippen molar-refractivity contribution in [1.82, 2.24) is 4.98 Å². The lowest BCUT2D eigenvalue weighted by molar-refractivity contribution is 0.0555. The van der Waals surface area contributed by atoms with Crippen molar-refractivity contribution in [3.63, 3.8) is 0 Å². The number of aromatic nitrogens is 1. The average molecular weight is 261 g/mol. The summed E-state index contributed by atoms with van der Waals surface area (Å²) in [5.74, 6) is 0. The van der Waals surface area contributed by atoms with Crippen LogP contribution < -0.4 is 0 Å². The number of thiazole rings is 1. The minimum Gasteiger partial charge on any atom is -0.371 e. The third-order valence-electron chi connectivity index (χ3n) is 2.79. The molecule has 1 atom stereocenters. The van der Waals surface area contributed by atoms with Crippen molar-refractivity contribution >= 4 is 11.3 Å². The van der Waals surface area contributed by atoms with E-state index in [1.165, 1.54) is 5.56 Å². The third kappa shape index (κ3) is 3.18. The molecule has 0 saturated heterocycles. The van der Waals surface area contributed by atoms with E-state index in [-0.39, 0.29) is 6.10 Å². The molecular formula is C15H19NOS. The van der Waals surface area contributed by atoms with Crippen LogP contribution >= 0.6 is 11.3 Å². The minimum absolute atomic E-state index is 0.155. The number of hydrogen-bond acceptors (Lipinski definition) is 3. The Morgan fingerprint density at radius 3 is 2.67 bits per heavy atom. The maximum atomic E-state index is 5.77. The number of benzene rings is 1. The second-order valence-electron chi connectivity index (χ2n) is 4.17. The molecule has 2 aromatic rings. The van der Waals surface area contributed by atoms with Crippen LogP contribution in [0.25, 0.3) is 11.3 Å². The van der Waals surface area contributed by atoms with Gasteiger partial charge in [0.2, 0.25) is 0 Å². The Hall–Kier alpha value is -1.19. The molecule has 2 nitrogen and oxygen atoms in total. The van der Waals surface area contributed by atoms with Gasteiger partial charge in [-0.25, -0.2) is 4.98 Å². The molecule has 0 radical (unpaired) electrons. The van der Waals surface area contributed by atoms with Gasteiger partial charge in [0, 0.05) is 17.6 Å². The lowest BCUT2D eigenvalue weighted by atomic mass is 10.2. The van der Waals surface area contributed by atoms with E-state index in [0.717, 1.165) is 30.2 Å². The largest absolute Gasteiger partial charge is 0.371 e. The number of nitrogens with zero attached hydrogens (tertiary/aromatic N) is 1. The Morgan fingerprint density at radius 2 is 2.00 bits per heavy atom. The topological polar surface area (TPSA) is 22.1 Å². The number of rotatable bonds is 6. The van der Waals surface area contributed by atoms with E-state index < -0.39 is 0 Å². The maximum Gasteiger partial charge on any atom is 0.122 e. The van der Waals surface area contributed by atoms with Crippen LogP contribution in [-0.4, -0.2) is 11.6 Å². The molecule has 2 rings (SSSR count). The minimum atomic E-state index is 0.155. The summed E-state index contributed by atoms with van der Waals surface area (Å²) in [6, 6.07) is 10.3. The SMILES string of the molecule is CCCC(OCC)c1nc(-c2ccccc2)cs1. The van der Waals surface area contributed by atoms with E-state index in [9.17, 15) is 0 Å². The van der Waals surface area contributed by atoms with Crippen molar-refractivity contribution in [3.8, 4) is 11.3 Å². The van der Waals surface area contributed by atoms with Crippen molar-refractivity contribution in [2.24, 2.45) is 0 Å². The van der Waals surface area contributed by atoms with Gasteiger partial charge in [0.25, 0.3) is 0 Å². The smallest absolute Gasteiger partial charge is 0.122 e. The van der Waals surface area contributed by atoms with Gasteiger partial charge in [0.1, 0.15) is 11.1 Å². The summed E-state index contributed by atoms with van der Waals surface area (Å²) in [5.41, 5.74) is 2.23. The first-order valence-electron chi connectivity index (χ1n) is 6.47. The molecule has 1 unspecified atom stereocenters. The van der Waals surface area contributed by atoms with Gasteiger partial charge in [-0.05, 0) is 13.3 Å². The summed E-state index contributed by atoms with van der Waals surface area (Å²) in [6.45, 7) is 4.96. The molecule has 3 heteroatoms. The highest BCUT2D eigenvalue weighted by molar-refractivity contribution is 7.10. The molecule has 0 aliphatic rings. The summed E-state index contributed by atoms with van der Waals surface area (Å²) in [5, 5.41) is 3.21. The quantitative estimate of drug-likeness (QED) is 0.752. The van der Waals surface area contributed by atoms with E-state index in [0.29, 0.717) is 0 Å². The number of ether oxygens (including phenoxy) is 1. The molecule has 0 amide bonds. The zero-order valence-corrected chi connectivity index (χ0v) is 11.7. The van der Waals surface area contributed by atoms with Crippen LogP contribution in [0.15, 0.2) is 35.7 Å². The fraction of sp³-hybridized carbons (Fsp3) is 0.400. The summed E-state index contributed by atoms with van der Waals surface area (Å²) in [6.07, 6.45) is 2.31. The third-order valence-corrected chi connectivity index (χ3v) is 3.72. The van der Waals surface area contributed by atoms with E-state index >= 15 is 0 Å². The Morgan fingerprint density at radius 1 is 1.22 bits per heavy atom. The maximum absolute atomic E-state index is 5.77. The Kier molecular flexibility index (Phi) is 4.90. The fourth-order valence-corrected chi connectivity index (χ4v) is 2.83. The Bertz CT molecular complexity index is 460. The van der Waals surface area contributed by atoms with Crippen LogP contribution in [0.5, 0.6) is 0 Å². The molecule has 1 aromatic heterocycles. The molecule has 0 aliphatic heterocycles. The van der Waals surface area contributed by atoms with Crippen molar-refractivity contribution in [1.29, 1.82) is 0 Å². The monoisotopic (exact) mass is 261 g/mol. The van der Waals surface area contributed by atoms with Gasteiger partial charge in [-0.15, -0.1) is 11.3 Å². The van der Waals surface area contributed by atoms with Gasteiger partial charge in [-0.1, -0.05) is 43.7 Å². The molecule has 18 heavy (non-hydrogen) atoms. The van der Waals surface area contributed by atoms with Crippen LogP contribution in [0, 0.1) is 0 Å². The van der Waals surface area contributed by atoms with Crippen LogP contribution in [0.3, 0.4) is 0 Å². The van der Waals surface area contributed by atoms with Crippen LogP contribution in [0.4, 0.5) is 0 Å². The van der Waals surface area contributed by atoms with E-state index in [4.69, 9.17) is 9.72 Å². The zero-order chi connectivity index (χ0) is 12.8. The van der Waals surface area contributed by atoms with Gasteiger partial charge in [-0.2, -0.15) is 0 Å². The molecule has 0 aliphatic carbocycles. The molecule has 0 spiro atoms. The van der Waals surface area contributed by atoms with Gasteiger partial charge in [-0.3, -0.25) is 0 Å². The highest BCUT2D eigenvalue weighted by atomic mass is 32.1. The van der Waals surface area contributed by atoms with Crippen LogP contribution in [0.1, 0.15) is 37.8 Å². The highest BCUT2D eigenvalue weighted by Gasteiger charge is 2.15. The first-order valence-corrected chi connectivity index (χ1v) is 7.35. The lowest BCUT2D eigenvalue weighted by Crippen LogP contribution is -2.03. The molecule has 96 valence electrons. The van der Waals surface area contributed by atoms with E-state index in [1.54, 1.807) is 11.3 Å². The molecule has 1 aromatic carbocycles. The van der Waals surface area contributed by atoms with Gasteiger partial charge < -0.3 is 4.74 Å². The van der Waals surface area contributed by atoms with Crippen molar-refractivity contribution in [2.75, 3.05) is 6.61 Å². The van der Waals surface area contributed by atoms with Crippen molar-refractivity contribution in [3.05, 3.63) is 40.7 Å². The van der Waals surface area contributed by atoms with Crippen LogP contribution in [-0.2, 0) is 4.74 Å². The zero-order valence-electron chi connectivity index (χ0n) is 10.9. The summed E-state index contributed by atoms with van der Waals surface area (Å²) < 4.78 is 5.77. The molecule has 0 N–H and O–H groups in total. The molecule has 0 fully saturated rings. The molecular weight excluding hydrogens is 242 g/mol. The Balaban J connectivity index is 2.18. The molecule has 0 saturated carbocycles. The second kappa shape index (κ2) is 6.66. The summed E-state index contributed by atoms with van der Waals surface area (Å²) in [4.78, 5) is 4.71. The predicted octanol–water partition coefficient (Wildman–Crippen LogP) is 4.69. The van der Waals surface area contributed by atoms with Gasteiger partial charge in [0.05, 0.1) is 5.69 Å². The van der Waals surface area contributed by atoms with E-state index in [1.807, 2.05) is 25.1 Å².